The molecule has 18 heavy (non-hydrogen) atoms. The lowest BCUT2D eigenvalue weighted by molar-refractivity contribution is 0.604. The first-order chi connectivity index (χ1) is 8.90. The van der Waals surface area contributed by atoms with Crippen molar-refractivity contribution in [2.24, 2.45) is 0 Å². The van der Waals surface area contributed by atoms with E-state index in [4.69, 9.17) is 0 Å². The fraction of sp³-hybridized carbons (Fsp3) is 0.400. The van der Waals surface area contributed by atoms with Gasteiger partial charge in [-0.1, -0.05) is 30.3 Å². The summed E-state index contributed by atoms with van der Waals surface area (Å²) >= 11 is 0. The van der Waals surface area contributed by atoms with Crippen LogP contribution >= 0.6 is 0 Å². The molecule has 0 bridgehead atoms. The first-order valence-electron chi connectivity index (χ1n) is 6.58. The van der Waals surface area contributed by atoms with E-state index in [0.717, 1.165) is 32.4 Å². The third kappa shape index (κ3) is 3.70. The second-order valence-corrected chi connectivity index (χ2v) is 4.48. The summed E-state index contributed by atoms with van der Waals surface area (Å²) in [6.45, 7) is 1.99. The standard InChI is InChI=1S/C15H21N3/c1-16-10-12-18-13-11-17-15(18)9-5-8-14-6-3-2-4-7-14/h2-4,6-7,11,13,16H,5,8-10,12H2,1H3. The summed E-state index contributed by atoms with van der Waals surface area (Å²) < 4.78 is 2.24. The minimum absolute atomic E-state index is 0.988. The number of rotatable bonds is 7. The van der Waals surface area contributed by atoms with Crippen LogP contribution in [0.5, 0.6) is 0 Å². The second-order valence-electron chi connectivity index (χ2n) is 4.48. The van der Waals surface area contributed by atoms with Gasteiger partial charge in [0, 0.05) is 31.9 Å². The maximum atomic E-state index is 4.44. The molecule has 0 aliphatic heterocycles. The van der Waals surface area contributed by atoms with Crippen molar-refractivity contribution in [2.75, 3.05) is 13.6 Å². The average molecular weight is 243 g/mol. The van der Waals surface area contributed by atoms with Crippen molar-refractivity contribution in [3.63, 3.8) is 0 Å². The molecule has 1 aromatic heterocycles. The molecule has 2 rings (SSSR count). The van der Waals surface area contributed by atoms with Crippen molar-refractivity contribution >= 4 is 0 Å². The SMILES string of the molecule is CNCCn1ccnc1CCCc1ccccc1. The van der Waals surface area contributed by atoms with Crippen LogP contribution in [0.25, 0.3) is 0 Å². The zero-order valence-electron chi connectivity index (χ0n) is 11.0. The van der Waals surface area contributed by atoms with Crippen LogP contribution in [0.2, 0.25) is 0 Å². The number of hydrogen-bond donors (Lipinski definition) is 1. The van der Waals surface area contributed by atoms with Crippen molar-refractivity contribution in [1.29, 1.82) is 0 Å². The number of nitrogens with zero attached hydrogens (tertiary/aromatic N) is 2. The summed E-state index contributed by atoms with van der Waals surface area (Å²) in [7, 11) is 1.98. The van der Waals surface area contributed by atoms with Crippen molar-refractivity contribution in [1.82, 2.24) is 14.9 Å². The highest BCUT2D eigenvalue weighted by molar-refractivity contribution is 5.14. The number of nitrogens with one attached hydrogen (secondary N) is 1. The smallest absolute Gasteiger partial charge is 0.108 e. The second kappa shape index (κ2) is 6.97. The van der Waals surface area contributed by atoms with Gasteiger partial charge in [-0.15, -0.1) is 0 Å². The molecule has 2 aromatic rings. The summed E-state index contributed by atoms with van der Waals surface area (Å²) in [6.07, 6.45) is 7.29. The zero-order valence-corrected chi connectivity index (χ0v) is 11.0. The molecule has 0 aliphatic carbocycles. The number of hydrogen-bond acceptors (Lipinski definition) is 2. The summed E-state index contributed by atoms with van der Waals surface area (Å²) in [6, 6.07) is 10.6. The lowest BCUT2D eigenvalue weighted by Crippen LogP contribution is -2.16. The van der Waals surface area contributed by atoms with Crippen molar-refractivity contribution in [3.8, 4) is 0 Å². The van der Waals surface area contributed by atoms with Gasteiger partial charge in [-0.2, -0.15) is 0 Å². The van der Waals surface area contributed by atoms with Crippen LogP contribution in [-0.2, 0) is 19.4 Å². The molecule has 0 aliphatic rings. The fourth-order valence-corrected chi connectivity index (χ4v) is 2.10. The van der Waals surface area contributed by atoms with Gasteiger partial charge >= 0.3 is 0 Å². The quantitative estimate of drug-likeness (QED) is 0.808. The predicted molar refractivity (Wildman–Crippen MR) is 74.6 cm³/mol. The van der Waals surface area contributed by atoms with E-state index in [2.05, 4.69) is 51.4 Å². The van der Waals surface area contributed by atoms with E-state index in [1.807, 2.05) is 13.2 Å². The van der Waals surface area contributed by atoms with Gasteiger partial charge in [0.05, 0.1) is 0 Å². The van der Waals surface area contributed by atoms with Crippen molar-refractivity contribution in [2.45, 2.75) is 25.8 Å². The minimum Gasteiger partial charge on any atom is -0.334 e. The van der Waals surface area contributed by atoms with Gasteiger partial charge in [-0.25, -0.2) is 4.98 Å². The van der Waals surface area contributed by atoms with Crippen LogP contribution in [0.15, 0.2) is 42.7 Å². The largest absolute Gasteiger partial charge is 0.334 e. The highest BCUT2D eigenvalue weighted by atomic mass is 15.1. The highest BCUT2D eigenvalue weighted by Crippen LogP contribution is 2.07. The minimum atomic E-state index is 0.988. The maximum absolute atomic E-state index is 4.44. The molecule has 1 N–H and O–H groups in total. The summed E-state index contributed by atoms with van der Waals surface area (Å²) in [5.74, 6) is 1.20. The van der Waals surface area contributed by atoms with Gasteiger partial charge in [-0.3, -0.25) is 0 Å². The molecule has 0 unspecified atom stereocenters. The number of imidazole rings is 1. The molecule has 0 spiro atoms. The zero-order chi connectivity index (χ0) is 12.6. The van der Waals surface area contributed by atoms with Crippen LogP contribution in [0.4, 0.5) is 0 Å². The molecule has 0 saturated carbocycles. The summed E-state index contributed by atoms with van der Waals surface area (Å²) in [5.41, 5.74) is 1.41. The van der Waals surface area contributed by atoms with E-state index < -0.39 is 0 Å². The van der Waals surface area contributed by atoms with E-state index in [1.54, 1.807) is 0 Å². The van der Waals surface area contributed by atoms with Crippen LogP contribution in [0.1, 0.15) is 17.8 Å². The average Bonchev–Trinajstić information content (AvgIpc) is 2.85. The van der Waals surface area contributed by atoms with Gasteiger partial charge < -0.3 is 9.88 Å². The molecule has 96 valence electrons. The third-order valence-corrected chi connectivity index (χ3v) is 3.11. The Morgan fingerprint density at radius 3 is 2.78 bits per heavy atom. The van der Waals surface area contributed by atoms with E-state index in [0.29, 0.717) is 0 Å². The number of benzene rings is 1. The molecular formula is C15H21N3. The van der Waals surface area contributed by atoms with Gasteiger partial charge in [0.2, 0.25) is 0 Å². The van der Waals surface area contributed by atoms with E-state index in [-0.39, 0.29) is 0 Å². The molecule has 0 atom stereocenters. The molecule has 3 heteroatoms. The molecular weight excluding hydrogens is 222 g/mol. The molecule has 3 nitrogen and oxygen atoms in total. The number of likely N-dealkylation sites (N-methyl/N-ethyl adjacent to an activating group) is 1. The number of aromatic nitrogens is 2. The molecule has 0 radical (unpaired) electrons. The van der Waals surface area contributed by atoms with Gasteiger partial charge in [0.15, 0.2) is 0 Å². The summed E-state index contributed by atoms with van der Waals surface area (Å²) in [4.78, 5) is 4.44. The number of aryl methyl sites for hydroxylation is 2. The molecule has 1 heterocycles. The predicted octanol–water partition coefficient (Wildman–Crippen LogP) is 2.28. The molecule has 0 amide bonds. The summed E-state index contributed by atoms with van der Waals surface area (Å²) in [5, 5.41) is 3.17. The Hall–Kier alpha value is -1.61. The first-order valence-corrected chi connectivity index (χ1v) is 6.58. The Balaban J connectivity index is 1.81. The topological polar surface area (TPSA) is 29.9 Å². The third-order valence-electron chi connectivity index (χ3n) is 3.11. The Bertz CT molecular complexity index is 448. The Morgan fingerprint density at radius 2 is 2.00 bits per heavy atom. The Labute approximate surface area is 109 Å². The van der Waals surface area contributed by atoms with Crippen LogP contribution in [0.3, 0.4) is 0 Å². The van der Waals surface area contributed by atoms with Crippen LogP contribution in [0, 0.1) is 0 Å². The van der Waals surface area contributed by atoms with E-state index in [1.165, 1.54) is 11.4 Å². The molecule has 0 fully saturated rings. The Morgan fingerprint density at radius 1 is 1.17 bits per heavy atom. The van der Waals surface area contributed by atoms with Crippen molar-refractivity contribution < 1.29 is 0 Å². The van der Waals surface area contributed by atoms with Crippen molar-refractivity contribution in [3.05, 3.63) is 54.1 Å². The lowest BCUT2D eigenvalue weighted by Gasteiger charge is -2.07. The van der Waals surface area contributed by atoms with E-state index >= 15 is 0 Å². The first kappa shape index (κ1) is 12.8. The molecule has 1 aromatic carbocycles. The Kier molecular flexibility index (Phi) is 4.97. The lowest BCUT2D eigenvalue weighted by atomic mass is 10.1. The highest BCUT2D eigenvalue weighted by Gasteiger charge is 2.02. The fourth-order valence-electron chi connectivity index (χ4n) is 2.10. The monoisotopic (exact) mass is 243 g/mol. The van der Waals surface area contributed by atoms with Gasteiger partial charge in [0.1, 0.15) is 5.82 Å². The van der Waals surface area contributed by atoms with Crippen LogP contribution in [-0.4, -0.2) is 23.1 Å². The molecule has 0 saturated heterocycles. The van der Waals surface area contributed by atoms with Gasteiger partial charge in [0.25, 0.3) is 0 Å². The van der Waals surface area contributed by atoms with Crippen LogP contribution < -0.4 is 5.32 Å². The van der Waals surface area contributed by atoms with E-state index in [9.17, 15) is 0 Å². The normalized spacial score (nSPS) is 10.7. The maximum Gasteiger partial charge on any atom is 0.108 e. The van der Waals surface area contributed by atoms with Gasteiger partial charge in [-0.05, 0) is 25.5 Å².